The van der Waals surface area contributed by atoms with Crippen LogP contribution in [0, 0.1) is 13.8 Å². The second-order valence-corrected chi connectivity index (χ2v) is 8.22. The summed E-state index contributed by atoms with van der Waals surface area (Å²) in [6.45, 7) is 3.91. The number of fused-ring (bicyclic) bond motifs is 2. The van der Waals surface area contributed by atoms with Crippen LogP contribution in [0.2, 0.25) is 0 Å². The van der Waals surface area contributed by atoms with Crippen molar-refractivity contribution in [3.05, 3.63) is 89.0 Å². The Morgan fingerprint density at radius 2 is 1.74 bits per heavy atom. The van der Waals surface area contributed by atoms with Gasteiger partial charge >= 0.3 is 0 Å². The van der Waals surface area contributed by atoms with Gasteiger partial charge in [0.1, 0.15) is 22.6 Å². The second-order valence-electron chi connectivity index (χ2n) is 8.22. The number of hydrogen-bond donors (Lipinski definition) is 2. The fourth-order valence-corrected chi connectivity index (χ4v) is 3.94. The maximum absolute atomic E-state index is 13.5. The van der Waals surface area contributed by atoms with Gasteiger partial charge in [0.2, 0.25) is 0 Å². The molecule has 0 aliphatic rings. The minimum absolute atomic E-state index is 0.143. The molecule has 8 nitrogen and oxygen atoms in total. The topological polar surface area (TPSA) is 107 Å². The Balaban J connectivity index is 1.68. The highest BCUT2D eigenvalue weighted by atomic mass is 16.5. The molecule has 0 bridgehead atoms. The highest BCUT2D eigenvalue weighted by molar-refractivity contribution is 6.16. The Morgan fingerprint density at radius 3 is 2.51 bits per heavy atom. The van der Waals surface area contributed by atoms with E-state index in [1.54, 1.807) is 13.3 Å². The van der Waals surface area contributed by atoms with E-state index in [1.807, 2.05) is 80.6 Å². The number of para-hydroxylation sites is 3. The van der Waals surface area contributed by atoms with Crippen LogP contribution in [0.15, 0.2) is 71.8 Å². The molecule has 2 aromatic heterocycles. The van der Waals surface area contributed by atoms with Crippen LogP contribution < -0.4 is 15.8 Å². The predicted octanol–water partition coefficient (Wildman–Crippen LogP) is 4.93. The number of anilines is 2. The van der Waals surface area contributed by atoms with Gasteiger partial charge in [0.25, 0.3) is 5.91 Å². The quantitative estimate of drug-likeness (QED) is 0.359. The van der Waals surface area contributed by atoms with Crippen LogP contribution in [0.4, 0.5) is 11.5 Å². The van der Waals surface area contributed by atoms with E-state index in [-0.39, 0.29) is 17.3 Å². The van der Waals surface area contributed by atoms with E-state index < -0.39 is 0 Å². The summed E-state index contributed by atoms with van der Waals surface area (Å²) in [5.41, 5.74) is 12.3. The van der Waals surface area contributed by atoms with E-state index in [0.29, 0.717) is 33.6 Å². The van der Waals surface area contributed by atoms with Crippen molar-refractivity contribution in [1.29, 1.82) is 0 Å². The van der Waals surface area contributed by atoms with Gasteiger partial charge in [-0.05, 0) is 55.3 Å². The van der Waals surface area contributed by atoms with Crippen molar-refractivity contribution in [1.82, 2.24) is 14.6 Å². The van der Waals surface area contributed by atoms with Crippen LogP contribution >= 0.6 is 0 Å². The Labute approximate surface area is 202 Å². The van der Waals surface area contributed by atoms with Crippen LogP contribution in [-0.2, 0) is 0 Å². The van der Waals surface area contributed by atoms with E-state index >= 15 is 0 Å². The van der Waals surface area contributed by atoms with Crippen molar-refractivity contribution < 1.29 is 9.53 Å². The van der Waals surface area contributed by atoms with Gasteiger partial charge in [-0.1, -0.05) is 36.4 Å². The molecule has 5 rings (SSSR count). The largest absolute Gasteiger partial charge is 0.496 e. The lowest BCUT2D eigenvalue weighted by molar-refractivity contribution is 0.102. The third-order valence-corrected chi connectivity index (χ3v) is 5.79. The maximum Gasteiger partial charge on any atom is 0.261 e. The number of rotatable bonds is 5. The summed E-state index contributed by atoms with van der Waals surface area (Å²) in [5, 5.41) is 7.55. The van der Waals surface area contributed by atoms with E-state index in [9.17, 15) is 4.79 Å². The predicted molar refractivity (Wildman–Crippen MR) is 139 cm³/mol. The molecule has 1 amide bonds. The molecule has 3 aromatic carbocycles. The highest BCUT2D eigenvalue weighted by Crippen LogP contribution is 2.29. The molecule has 0 unspecified atom stereocenters. The Hall–Kier alpha value is -4.72. The first-order valence-electron chi connectivity index (χ1n) is 11.1. The van der Waals surface area contributed by atoms with Gasteiger partial charge in [-0.2, -0.15) is 9.78 Å². The van der Waals surface area contributed by atoms with E-state index in [2.05, 4.69) is 10.4 Å². The number of aromatic nitrogens is 3. The molecule has 5 aromatic rings. The zero-order valence-corrected chi connectivity index (χ0v) is 19.6. The highest BCUT2D eigenvalue weighted by Gasteiger charge is 2.24. The van der Waals surface area contributed by atoms with Gasteiger partial charge in [0.15, 0.2) is 5.65 Å². The normalized spacial score (nSPS) is 11.4. The molecular weight excluding hydrogens is 440 g/mol. The molecular formula is C27H24N6O2. The summed E-state index contributed by atoms with van der Waals surface area (Å²) < 4.78 is 6.86. The molecule has 0 aliphatic heterocycles. The number of carbonyl (C=O) groups is 1. The number of nitrogens with one attached hydrogen (secondary N) is 1. The summed E-state index contributed by atoms with van der Waals surface area (Å²) in [5.74, 6) is 0.428. The number of aryl methyl sites for hydroxylation is 2. The van der Waals surface area contributed by atoms with Gasteiger partial charge in [0, 0.05) is 11.3 Å². The van der Waals surface area contributed by atoms with Crippen LogP contribution in [0.5, 0.6) is 5.75 Å². The summed E-state index contributed by atoms with van der Waals surface area (Å²) in [6, 6.07) is 20.8. The standard InChI is InChI=1S/C27H24N6O2/c1-16-12-13-17(2)21(14-16)32-27(34)23-24-26(31-20-10-6-5-9-19(20)30-24)33(25(23)28)29-15-18-8-4-7-11-22(18)35-3/h4-15H,28H2,1-3H3,(H,32,34). The van der Waals surface area contributed by atoms with Gasteiger partial charge in [-0.25, -0.2) is 9.97 Å². The average molecular weight is 465 g/mol. The van der Waals surface area contributed by atoms with Crippen LogP contribution in [0.1, 0.15) is 27.0 Å². The van der Waals surface area contributed by atoms with E-state index in [0.717, 1.165) is 16.7 Å². The Bertz CT molecular complexity index is 1620. The Morgan fingerprint density at radius 1 is 1.03 bits per heavy atom. The van der Waals surface area contributed by atoms with Crippen LogP contribution in [0.3, 0.4) is 0 Å². The summed E-state index contributed by atoms with van der Waals surface area (Å²) >= 11 is 0. The molecule has 0 spiro atoms. The fraction of sp³-hybridized carbons (Fsp3) is 0.111. The Kier molecular flexibility index (Phi) is 5.62. The monoisotopic (exact) mass is 464 g/mol. The molecule has 0 radical (unpaired) electrons. The lowest BCUT2D eigenvalue weighted by atomic mass is 10.1. The van der Waals surface area contributed by atoms with E-state index in [1.165, 1.54) is 4.68 Å². The number of methoxy groups -OCH3 is 1. The van der Waals surface area contributed by atoms with Gasteiger partial charge in [-0.3, -0.25) is 4.79 Å². The number of nitrogen functional groups attached to an aromatic ring is 1. The van der Waals surface area contributed by atoms with Crippen molar-refractivity contribution in [2.45, 2.75) is 13.8 Å². The van der Waals surface area contributed by atoms with Gasteiger partial charge in [0.05, 0.1) is 24.4 Å². The molecule has 0 aliphatic carbocycles. The molecule has 35 heavy (non-hydrogen) atoms. The number of nitrogens with two attached hydrogens (primary N) is 1. The molecule has 2 heterocycles. The van der Waals surface area contributed by atoms with Crippen molar-refractivity contribution in [2.75, 3.05) is 18.2 Å². The van der Waals surface area contributed by atoms with Crippen molar-refractivity contribution in [2.24, 2.45) is 5.10 Å². The van der Waals surface area contributed by atoms with Crippen LogP contribution in [-0.4, -0.2) is 33.9 Å². The zero-order valence-electron chi connectivity index (χ0n) is 19.6. The first-order valence-corrected chi connectivity index (χ1v) is 11.1. The number of carbonyl (C=O) groups excluding carboxylic acids is 1. The number of hydrogen-bond acceptors (Lipinski definition) is 6. The second kappa shape index (κ2) is 8.90. The third kappa shape index (κ3) is 4.06. The number of ether oxygens (including phenoxy) is 1. The SMILES string of the molecule is COc1ccccc1C=Nn1c(N)c(C(=O)Nc2cc(C)ccc2C)c2nc3ccccc3nc21. The lowest BCUT2D eigenvalue weighted by Crippen LogP contribution is -2.15. The van der Waals surface area contributed by atoms with Gasteiger partial charge in [-0.15, -0.1) is 0 Å². The molecule has 3 N–H and O–H groups in total. The minimum Gasteiger partial charge on any atom is -0.496 e. The summed E-state index contributed by atoms with van der Waals surface area (Å²) in [4.78, 5) is 23.0. The van der Waals surface area contributed by atoms with Crippen molar-refractivity contribution in [3.8, 4) is 5.75 Å². The van der Waals surface area contributed by atoms with Crippen molar-refractivity contribution >= 4 is 45.8 Å². The molecule has 0 fully saturated rings. The molecule has 8 heteroatoms. The molecule has 0 atom stereocenters. The number of nitrogens with zero attached hydrogens (tertiary/aromatic N) is 4. The fourth-order valence-electron chi connectivity index (χ4n) is 3.94. The maximum atomic E-state index is 13.5. The number of amides is 1. The number of benzene rings is 3. The smallest absolute Gasteiger partial charge is 0.261 e. The van der Waals surface area contributed by atoms with E-state index in [4.69, 9.17) is 20.4 Å². The minimum atomic E-state index is -0.378. The molecule has 0 saturated heterocycles. The zero-order chi connectivity index (χ0) is 24.5. The van der Waals surface area contributed by atoms with Gasteiger partial charge < -0.3 is 15.8 Å². The molecule has 174 valence electrons. The third-order valence-electron chi connectivity index (χ3n) is 5.79. The summed E-state index contributed by atoms with van der Waals surface area (Å²) in [7, 11) is 1.60. The first-order chi connectivity index (χ1) is 17.0. The summed E-state index contributed by atoms with van der Waals surface area (Å²) in [6.07, 6.45) is 1.62. The van der Waals surface area contributed by atoms with Crippen LogP contribution in [0.25, 0.3) is 22.2 Å². The van der Waals surface area contributed by atoms with Crippen molar-refractivity contribution in [3.63, 3.8) is 0 Å². The lowest BCUT2D eigenvalue weighted by Gasteiger charge is -2.09. The average Bonchev–Trinajstić information content (AvgIpc) is 3.13. The molecule has 0 saturated carbocycles. The first kappa shape index (κ1) is 22.1.